The maximum absolute atomic E-state index is 14.0. The quantitative estimate of drug-likeness (QED) is 0.745. The number of carbonyl (C=O) groups is 1. The number of benzene rings is 1. The summed E-state index contributed by atoms with van der Waals surface area (Å²) in [5, 5.41) is 0.247. The molecule has 1 aromatic rings. The molecule has 1 atom stereocenters. The Balaban J connectivity index is 2.16. The summed E-state index contributed by atoms with van der Waals surface area (Å²) in [4.78, 5) is 13.0. The Kier molecular flexibility index (Phi) is 5.65. The van der Waals surface area contributed by atoms with Crippen molar-refractivity contribution in [2.75, 3.05) is 20.3 Å². The molecule has 0 bridgehead atoms. The van der Waals surface area contributed by atoms with Crippen LogP contribution in [0, 0.1) is 11.7 Å². The molecular weight excluding hydrogens is 291 g/mol. The molecule has 0 N–H and O–H groups in total. The van der Waals surface area contributed by atoms with Gasteiger partial charge in [0.25, 0.3) is 0 Å². The van der Waals surface area contributed by atoms with Crippen molar-refractivity contribution >= 4 is 17.5 Å². The normalized spacial score (nSPS) is 18.0. The fourth-order valence-corrected chi connectivity index (χ4v) is 3.52. The minimum Gasteiger partial charge on any atom is -0.490 e. The first-order chi connectivity index (χ1) is 10.0. The van der Waals surface area contributed by atoms with E-state index in [4.69, 9.17) is 9.47 Å². The van der Waals surface area contributed by atoms with Gasteiger partial charge in [-0.3, -0.25) is 4.79 Å². The minimum atomic E-state index is -0.469. The Morgan fingerprint density at radius 1 is 1.38 bits per heavy atom. The van der Waals surface area contributed by atoms with E-state index >= 15 is 0 Å². The van der Waals surface area contributed by atoms with Gasteiger partial charge in [0.05, 0.1) is 6.61 Å². The van der Waals surface area contributed by atoms with Crippen LogP contribution in [0.15, 0.2) is 17.0 Å². The van der Waals surface area contributed by atoms with E-state index in [1.54, 1.807) is 24.9 Å². The van der Waals surface area contributed by atoms with Crippen LogP contribution in [0.2, 0.25) is 0 Å². The first-order valence-corrected chi connectivity index (χ1v) is 8.06. The second kappa shape index (κ2) is 7.27. The SMILES string of the molecule is COCCCOc1cc2c(cc1F)C(=O)CC(C(C)C)S2. The van der Waals surface area contributed by atoms with Crippen molar-refractivity contribution < 1.29 is 18.7 Å². The van der Waals surface area contributed by atoms with Crippen LogP contribution in [0.5, 0.6) is 5.75 Å². The molecule has 5 heteroatoms. The highest BCUT2D eigenvalue weighted by molar-refractivity contribution is 8.00. The number of thioether (sulfide) groups is 1. The van der Waals surface area contributed by atoms with Gasteiger partial charge in [0.2, 0.25) is 0 Å². The van der Waals surface area contributed by atoms with Crippen molar-refractivity contribution in [3.63, 3.8) is 0 Å². The van der Waals surface area contributed by atoms with Crippen LogP contribution in [-0.2, 0) is 4.74 Å². The van der Waals surface area contributed by atoms with Gasteiger partial charge < -0.3 is 9.47 Å². The van der Waals surface area contributed by atoms with Crippen molar-refractivity contribution in [3.8, 4) is 5.75 Å². The fourth-order valence-electron chi connectivity index (χ4n) is 2.22. The van der Waals surface area contributed by atoms with Crippen molar-refractivity contribution in [2.24, 2.45) is 5.92 Å². The van der Waals surface area contributed by atoms with Crippen molar-refractivity contribution in [2.45, 2.75) is 36.8 Å². The molecule has 21 heavy (non-hydrogen) atoms. The number of Topliss-reactive ketones (excluding diaryl/α,β-unsaturated/α-hetero) is 1. The summed E-state index contributed by atoms with van der Waals surface area (Å²) in [6, 6.07) is 2.97. The molecule has 0 radical (unpaired) electrons. The summed E-state index contributed by atoms with van der Waals surface area (Å²) < 4.78 is 24.4. The number of ether oxygens (including phenoxy) is 2. The van der Waals surface area contributed by atoms with Crippen molar-refractivity contribution in [3.05, 3.63) is 23.5 Å². The zero-order valence-corrected chi connectivity index (χ0v) is 13.5. The van der Waals surface area contributed by atoms with Gasteiger partial charge in [0, 0.05) is 42.3 Å². The fraction of sp³-hybridized carbons (Fsp3) is 0.562. The zero-order valence-electron chi connectivity index (χ0n) is 12.6. The van der Waals surface area contributed by atoms with Crippen LogP contribution in [0.4, 0.5) is 4.39 Å². The van der Waals surface area contributed by atoms with Gasteiger partial charge in [0.1, 0.15) is 0 Å². The highest BCUT2D eigenvalue weighted by Crippen LogP contribution is 2.41. The maximum atomic E-state index is 14.0. The van der Waals surface area contributed by atoms with Gasteiger partial charge in [-0.15, -0.1) is 11.8 Å². The molecule has 3 nitrogen and oxygen atoms in total. The molecular formula is C16H21FO3S. The smallest absolute Gasteiger partial charge is 0.165 e. The third-order valence-electron chi connectivity index (χ3n) is 3.49. The van der Waals surface area contributed by atoms with E-state index in [0.29, 0.717) is 37.5 Å². The Bertz CT molecular complexity index is 516. The van der Waals surface area contributed by atoms with Gasteiger partial charge in [-0.25, -0.2) is 4.39 Å². The first kappa shape index (κ1) is 16.3. The highest BCUT2D eigenvalue weighted by atomic mass is 32.2. The maximum Gasteiger partial charge on any atom is 0.165 e. The molecule has 0 amide bonds. The lowest BCUT2D eigenvalue weighted by atomic mass is 9.99. The number of hydrogen-bond donors (Lipinski definition) is 0. The van der Waals surface area contributed by atoms with E-state index in [1.807, 2.05) is 0 Å². The van der Waals surface area contributed by atoms with Crippen LogP contribution in [0.1, 0.15) is 37.0 Å². The molecule has 0 fully saturated rings. The summed E-state index contributed by atoms with van der Waals surface area (Å²) in [6.07, 6.45) is 1.18. The Morgan fingerprint density at radius 2 is 2.14 bits per heavy atom. The topological polar surface area (TPSA) is 35.5 Å². The molecule has 116 valence electrons. The summed E-state index contributed by atoms with van der Waals surface area (Å²) >= 11 is 1.64. The number of halogens is 1. The molecule has 0 aliphatic carbocycles. The van der Waals surface area contributed by atoms with Crippen LogP contribution >= 0.6 is 11.8 Å². The average molecular weight is 312 g/mol. The predicted octanol–water partition coefficient (Wildman–Crippen LogP) is 3.94. The molecule has 0 saturated heterocycles. The number of ketones is 1. The van der Waals surface area contributed by atoms with Gasteiger partial charge in [-0.2, -0.15) is 0 Å². The third-order valence-corrected chi connectivity index (χ3v) is 5.10. The zero-order chi connectivity index (χ0) is 15.4. The van der Waals surface area contributed by atoms with Gasteiger partial charge in [0.15, 0.2) is 17.3 Å². The first-order valence-electron chi connectivity index (χ1n) is 7.18. The standard InChI is InChI=1S/C16H21FO3S/c1-10(2)15-8-13(18)11-7-12(17)14(9-16(11)21-15)20-6-4-5-19-3/h7,9-10,15H,4-6,8H2,1-3H3. The molecule has 1 aliphatic heterocycles. The van der Waals surface area contributed by atoms with E-state index in [-0.39, 0.29) is 16.8 Å². The van der Waals surface area contributed by atoms with E-state index in [2.05, 4.69) is 13.8 Å². The van der Waals surface area contributed by atoms with Gasteiger partial charge >= 0.3 is 0 Å². The summed E-state index contributed by atoms with van der Waals surface area (Å²) in [6.45, 7) is 5.17. The number of carbonyl (C=O) groups excluding carboxylic acids is 1. The largest absolute Gasteiger partial charge is 0.490 e. The molecule has 0 aromatic heterocycles. The Hall–Kier alpha value is -1.07. The third kappa shape index (κ3) is 3.98. The number of hydrogen-bond acceptors (Lipinski definition) is 4. The number of rotatable bonds is 6. The van der Waals surface area contributed by atoms with E-state index < -0.39 is 5.82 Å². The molecule has 1 heterocycles. The van der Waals surface area contributed by atoms with Crippen LogP contribution < -0.4 is 4.74 Å². The summed E-state index contributed by atoms with van der Waals surface area (Å²) in [5.41, 5.74) is 0.485. The molecule has 0 spiro atoms. The summed E-state index contributed by atoms with van der Waals surface area (Å²) in [5.74, 6) is 0.174. The minimum absolute atomic E-state index is 0.0206. The monoisotopic (exact) mass is 312 g/mol. The lowest BCUT2D eigenvalue weighted by molar-refractivity contribution is 0.0971. The molecule has 2 rings (SSSR count). The lowest BCUT2D eigenvalue weighted by Crippen LogP contribution is -2.22. The Labute approximate surface area is 129 Å². The van der Waals surface area contributed by atoms with Crippen molar-refractivity contribution in [1.29, 1.82) is 0 Å². The lowest BCUT2D eigenvalue weighted by Gasteiger charge is -2.26. The predicted molar refractivity (Wildman–Crippen MR) is 81.8 cm³/mol. The van der Waals surface area contributed by atoms with Gasteiger partial charge in [-0.05, 0) is 18.1 Å². The molecule has 1 aliphatic rings. The second-order valence-electron chi connectivity index (χ2n) is 5.50. The van der Waals surface area contributed by atoms with Crippen LogP contribution in [-0.4, -0.2) is 31.4 Å². The molecule has 1 unspecified atom stereocenters. The van der Waals surface area contributed by atoms with E-state index in [1.165, 1.54) is 6.07 Å². The molecule has 1 aromatic carbocycles. The van der Waals surface area contributed by atoms with Gasteiger partial charge in [-0.1, -0.05) is 13.8 Å². The van der Waals surface area contributed by atoms with E-state index in [0.717, 1.165) is 4.90 Å². The summed E-state index contributed by atoms with van der Waals surface area (Å²) in [7, 11) is 1.62. The van der Waals surface area contributed by atoms with Crippen LogP contribution in [0.3, 0.4) is 0 Å². The number of methoxy groups -OCH3 is 1. The highest BCUT2D eigenvalue weighted by Gasteiger charge is 2.29. The number of fused-ring (bicyclic) bond motifs is 1. The second-order valence-corrected chi connectivity index (χ2v) is 6.78. The Morgan fingerprint density at radius 3 is 2.81 bits per heavy atom. The van der Waals surface area contributed by atoms with Crippen LogP contribution in [0.25, 0.3) is 0 Å². The average Bonchev–Trinajstić information content (AvgIpc) is 2.44. The molecule has 0 saturated carbocycles. The van der Waals surface area contributed by atoms with Crippen molar-refractivity contribution in [1.82, 2.24) is 0 Å². The van der Waals surface area contributed by atoms with E-state index in [9.17, 15) is 9.18 Å².